The van der Waals surface area contributed by atoms with Gasteiger partial charge in [0, 0.05) is 29.1 Å². The van der Waals surface area contributed by atoms with Crippen molar-refractivity contribution in [3.63, 3.8) is 0 Å². The van der Waals surface area contributed by atoms with Crippen LogP contribution in [-0.4, -0.2) is 36.2 Å². The largest absolute Gasteiger partial charge is 0.497 e. The quantitative estimate of drug-likeness (QED) is 0.441. The van der Waals surface area contributed by atoms with Crippen LogP contribution in [0.3, 0.4) is 0 Å². The Balaban J connectivity index is 1.52. The SMILES string of the molecule is COc1ccc2c(c1)C1(SCCN1C(=O)Nc1ccc(C(C)C)cc1)C(=O)N2Cc1c(F)cccc1F. The Morgan fingerprint density at radius 1 is 1.11 bits per heavy atom. The van der Waals surface area contributed by atoms with Crippen molar-refractivity contribution in [2.24, 2.45) is 0 Å². The summed E-state index contributed by atoms with van der Waals surface area (Å²) in [5.41, 5.74) is 2.60. The van der Waals surface area contributed by atoms with Gasteiger partial charge in [-0.25, -0.2) is 13.6 Å². The minimum Gasteiger partial charge on any atom is -0.497 e. The molecule has 1 N–H and O–H groups in total. The van der Waals surface area contributed by atoms with Crippen LogP contribution in [0.4, 0.5) is 25.0 Å². The zero-order chi connectivity index (χ0) is 26.3. The van der Waals surface area contributed by atoms with Gasteiger partial charge in [0.25, 0.3) is 5.91 Å². The summed E-state index contributed by atoms with van der Waals surface area (Å²) in [6, 6.07) is 15.9. The van der Waals surface area contributed by atoms with E-state index in [-0.39, 0.29) is 12.1 Å². The number of rotatable bonds is 5. The van der Waals surface area contributed by atoms with Crippen molar-refractivity contribution in [2.75, 3.05) is 29.6 Å². The monoisotopic (exact) mass is 523 g/mol. The van der Waals surface area contributed by atoms with Crippen LogP contribution in [-0.2, 0) is 16.2 Å². The fraction of sp³-hybridized carbons (Fsp3) is 0.286. The van der Waals surface area contributed by atoms with Crippen molar-refractivity contribution in [3.8, 4) is 5.75 Å². The fourth-order valence-electron chi connectivity index (χ4n) is 4.86. The number of nitrogens with zero attached hydrogens (tertiary/aromatic N) is 2. The summed E-state index contributed by atoms with van der Waals surface area (Å²) < 4.78 is 34.5. The van der Waals surface area contributed by atoms with Gasteiger partial charge >= 0.3 is 6.03 Å². The van der Waals surface area contributed by atoms with Crippen LogP contribution in [0, 0.1) is 11.6 Å². The molecule has 0 aliphatic carbocycles. The van der Waals surface area contributed by atoms with Crippen LogP contribution >= 0.6 is 11.8 Å². The van der Waals surface area contributed by atoms with E-state index in [0.717, 1.165) is 17.7 Å². The van der Waals surface area contributed by atoms with Gasteiger partial charge in [0.05, 0.1) is 19.3 Å². The number of urea groups is 1. The van der Waals surface area contributed by atoms with E-state index in [9.17, 15) is 18.4 Å². The lowest BCUT2D eigenvalue weighted by Crippen LogP contribution is -2.51. The van der Waals surface area contributed by atoms with Gasteiger partial charge in [-0.2, -0.15) is 0 Å². The van der Waals surface area contributed by atoms with Crippen LogP contribution in [0.15, 0.2) is 60.7 Å². The molecule has 3 amide bonds. The Bertz CT molecular complexity index is 1350. The molecule has 2 aliphatic rings. The number of amides is 3. The summed E-state index contributed by atoms with van der Waals surface area (Å²) in [4.78, 5) is 29.1. The predicted octanol–water partition coefficient (Wildman–Crippen LogP) is 6.08. The highest BCUT2D eigenvalue weighted by Crippen LogP contribution is 2.55. The molecule has 2 aliphatic heterocycles. The third kappa shape index (κ3) is 4.21. The smallest absolute Gasteiger partial charge is 0.323 e. The first kappa shape index (κ1) is 25.1. The van der Waals surface area contributed by atoms with Crippen molar-refractivity contribution >= 4 is 35.1 Å². The highest BCUT2D eigenvalue weighted by molar-refractivity contribution is 8.01. The van der Waals surface area contributed by atoms with Gasteiger partial charge in [-0.05, 0) is 53.9 Å². The van der Waals surface area contributed by atoms with Crippen molar-refractivity contribution in [3.05, 3.63) is 89.0 Å². The molecular formula is C28H27F2N3O3S. The number of halogens is 2. The molecule has 3 aromatic rings. The Morgan fingerprint density at radius 3 is 2.46 bits per heavy atom. The highest BCUT2D eigenvalue weighted by atomic mass is 32.2. The van der Waals surface area contributed by atoms with Gasteiger partial charge in [0.15, 0.2) is 4.87 Å². The Hall–Kier alpha value is -3.59. The van der Waals surface area contributed by atoms with Crippen molar-refractivity contribution in [1.29, 1.82) is 0 Å². The van der Waals surface area contributed by atoms with E-state index in [1.165, 1.54) is 34.7 Å². The van der Waals surface area contributed by atoms with Crippen LogP contribution in [0.5, 0.6) is 5.75 Å². The molecule has 0 saturated carbocycles. The second-order valence-electron chi connectivity index (χ2n) is 9.33. The third-order valence-corrected chi connectivity index (χ3v) is 8.27. The maximum absolute atomic E-state index is 14.5. The van der Waals surface area contributed by atoms with Crippen LogP contribution in [0.1, 0.15) is 36.5 Å². The molecule has 1 saturated heterocycles. The van der Waals surface area contributed by atoms with E-state index in [1.54, 1.807) is 18.2 Å². The lowest BCUT2D eigenvalue weighted by Gasteiger charge is -2.33. The number of ether oxygens (including phenoxy) is 1. The molecule has 6 nitrogen and oxygen atoms in total. The lowest BCUT2D eigenvalue weighted by atomic mass is 10.0. The Morgan fingerprint density at radius 2 is 1.81 bits per heavy atom. The molecule has 3 aromatic carbocycles. The van der Waals surface area contributed by atoms with Crippen LogP contribution in [0.25, 0.3) is 0 Å². The van der Waals surface area contributed by atoms with E-state index < -0.39 is 28.4 Å². The van der Waals surface area contributed by atoms with E-state index in [1.807, 2.05) is 24.3 Å². The zero-order valence-corrected chi connectivity index (χ0v) is 21.6. The number of benzene rings is 3. The molecule has 1 fully saturated rings. The first-order valence-corrected chi connectivity index (χ1v) is 13.0. The molecule has 192 valence electrons. The van der Waals surface area contributed by atoms with Gasteiger partial charge < -0.3 is 15.0 Å². The molecule has 0 bridgehead atoms. The zero-order valence-electron chi connectivity index (χ0n) is 20.8. The molecule has 0 aromatic heterocycles. The molecule has 1 spiro atoms. The lowest BCUT2D eigenvalue weighted by molar-refractivity contribution is -0.123. The number of hydrogen-bond acceptors (Lipinski definition) is 4. The Kier molecular flexibility index (Phi) is 6.58. The predicted molar refractivity (Wildman–Crippen MR) is 141 cm³/mol. The number of carbonyl (C=O) groups excluding carboxylic acids is 2. The van der Waals surface area contributed by atoms with Gasteiger partial charge in [-0.1, -0.05) is 32.0 Å². The summed E-state index contributed by atoms with van der Waals surface area (Å²) in [7, 11) is 1.52. The Labute approximate surface area is 218 Å². The molecule has 5 rings (SSSR count). The number of methoxy groups -OCH3 is 1. The average molecular weight is 524 g/mol. The minimum absolute atomic E-state index is 0.209. The topological polar surface area (TPSA) is 61.9 Å². The van der Waals surface area contributed by atoms with Crippen molar-refractivity contribution in [1.82, 2.24) is 4.90 Å². The van der Waals surface area contributed by atoms with E-state index in [2.05, 4.69) is 19.2 Å². The number of nitrogens with one attached hydrogen (secondary N) is 1. The normalized spacial score (nSPS) is 18.6. The summed E-state index contributed by atoms with van der Waals surface area (Å²) in [6.07, 6.45) is 0. The molecule has 9 heteroatoms. The molecule has 37 heavy (non-hydrogen) atoms. The van der Waals surface area contributed by atoms with Crippen LogP contribution in [0.2, 0.25) is 0 Å². The maximum atomic E-state index is 14.5. The van der Waals surface area contributed by atoms with Gasteiger partial charge in [0.1, 0.15) is 17.4 Å². The molecule has 1 unspecified atom stereocenters. The molecular weight excluding hydrogens is 496 g/mol. The van der Waals surface area contributed by atoms with E-state index in [0.29, 0.717) is 40.9 Å². The van der Waals surface area contributed by atoms with Gasteiger partial charge in [-0.3, -0.25) is 9.69 Å². The standard InChI is InChI=1S/C28H27F2N3O3S/c1-17(2)18-7-9-19(10-8-18)31-27(35)33-13-14-37-28(33)22-15-20(36-3)11-12-25(22)32(26(28)34)16-21-23(29)5-4-6-24(21)30/h4-12,15,17H,13-14,16H2,1-3H3,(H,31,35). The minimum atomic E-state index is -1.38. The fourth-order valence-corrected chi connectivity index (χ4v) is 6.31. The summed E-state index contributed by atoms with van der Waals surface area (Å²) in [5, 5.41) is 2.92. The summed E-state index contributed by atoms with van der Waals surface area (Å²) >= 11 is 1.33. The van der Waals surface area contributed by atoms with Gasteiger partial charge in [0.2, 0.25) is 0 Å². The maximum Gasteiger partial charge on any atom is 0.323 e. The van der Waals surface area contributed by atoms with Crippen LogP contribution < -0.4 is 15.0 Å². The second-order valence-corrected chi connectivity index (χ2v) is 10.6. The second kappa shape index (κ2) is 9.70. The first-order chi connectivity index (χ1) is 17.8. The van der Waals surface area contributed by atoms with Crippen molar-refractivity contribution < 1.29 is 23.1 Å². The van der Waals surface area contributed by atoms with E-state index in [4.69, 9.17) is 4.74 Å². The molecule has 0 radical (unpaired) electrons. The van der Waals surface area contributed by atoms with E-state index >= 15 is 0 Å². The number of anilines is 2. The average Bonchev–Trinajstić information content (AvgIpc) is 3.43. The highest BCUT2D eigenvalue weighted by Gasteiger charge is 2.59. The third-order valence-electron chi connectivity index (χ3n) is 6.85. The summed E-state index contributed by atoms with van der Waals surface area (Å²) in [5.74, 6) is -0.502. The molecule has 2 heterocycles. The number of carbonyl (C=O) groups is 2. The number of hydrogen-bond donors (Lipinski definition) is 1. The number of fused-ring (bicyclic) bond motifs is 2. The summed E-state index contributed by atoms with van der Waals surface area (Å²) in [6.45, 7) is 4.21. The molecule has 1 atom stereocenters. The van der Waals surface area contributed by atoms with Gasteiger partial charge in [-0.15, -0.1) is 11.8 Å². The number of thioether (sulfide) groups is 1. The van der Waals surface area contributed by atoms with Crippen molar-refractivity contribution in [2.45, 2.75) is 31.2 Å². The first-order valence-electron chi connectivity index (χ1n) is 12.0.